The fourth-order valence-electron chi connectivity index (χ4n) is 4.44. The Morgan fingerprint density at radius 3 is 2.39 bits per heavy atom. The maximum absolute atomic E-state index is 12.9. The molecule has 0 saturated carbocycles. The van der Waals surface area contributed by atoms with Crippen LogP contribution in [0.3, 0.4) is 0 Å². The molecule has 1 N–H and O–H groups in total. The van der Waals surface area contributed by atoms with Crippen LogP contribution in [-0.2, 0) is 10.2 Å². The standard InChI is InChI=1S/C28H36N2O3/c1-28(2,3)23-10-8-21(9-11-23)22(7-6-16-30-14-4-5-15-30)19-27(31)29-24-12-13-25-26(20-24)33-18-17-32-25/h8-13,19-20H,4-7,14-18H2,1-3H3,(H,29,31). The lowest BCUT2D eigenvalue weighted by atomic mass is 9.86. The molecule has 176 valence electrons. The van der Waals surface area contributed by atoms with Crippen LogP contribution in [0.5, 0.6) is 11.5 Å². The molecular weight excluding hydrogens is 412 g/mol. The van der Waals surface area contributed by atoms with Crippen LogP contribution in [0, 0.1) is 0 Å². The third-order valence-electron chi connectivity index (χ3n) is 6.36. The highest BCUT2D eigenvalue weighted by molar-refractivity contribution is 6.04. The third kappa shape index (κ3) is 6.38. The summed E-state index contributed by atoms with van der Waals surface area (Å²) in [5, 5.41) is 3.00. The molecule has 0 radical (unpaired) electrons. The van der Waals surface area contributed by atoms with Gasteiger partial charge in [0.2, 0.25) is 5.91 Å². The maximum Gasteiger partial charge on any atom is 0.248 e. The number of hydrogen-bond donors (Lipinski definition) is 1. The summed E-state index contributed by atoms with van der Waals surface area (Å²) < 4.78 is 11.2. The van der Waals surface area contributed by atoms with Gasteiger partial charge in [-0.15, -0.1) is 0 Å². The number of nitrogens with one attached hydrogen (secondary N) is 1. The van der Waals surface area contributed by atoms with Crippen LogP contribution in [0.2, 0.25) is 0 Å². The zero-order valence-corrected chi connectivity index (χ0v) is 20.2. The molecule has 0 spiro atoms. The Morgan fingerprint density at radius 2 is 1.70 bits per heavy atom. The second-order valence-electron chi connectivity index (χ2n) is 10.00. The van der Waals surface area contributed by atoms with Gasteiger partial charge in [0.1, 0.15) is 13.2 Å². The van der Waals surface area contributed by atoms with Crippen LogP contribution in [0.15, 0.2) is 48.5 Å². The molecule has 2 aliphatic heterocycles. The van der Waals surface area contributed by atoms with Crippen molar-refractivity contribution in [2.45, 2.75) is 51.9 Å². The van der Waals surface area contributed by atoms with Crippen molar-refractivity contribution >= 4 is 17.2 Å². The lowest BCUT2D eigenvalue weighted by molar-refractivity contribution is -0.111. The van der Waals surface area contributed by atoms with E-state index >= 15 is 0 Å². The van der Waals surface area contributed by atoms with Gasteiger partial charge in [0.05, 0.1) is 0 Å². The summed E-state index contributed by atoms with van der Waals surface area (Å²) >= 11 is 0. The van der Waals surface area contributed by atoms with Crippen LogP contribution in [0.1, 0.15) is 57.6 Å². The molecular formula is C28H36N2O3. The SMILES string of the molecule is CC(C)(C)c1ccc(C(=CC(=O)Nc2ccc3c(c2)OCCO3)CCCN2CCCC2)cc1. The summed E-state index contributed by atoms with van der Waals surface area (Å²) in [6, 6.07) is 14.2. The molecule has 1 amide bonds. The number of nitrogens with zero attached hydrogens (tertiary/aromatic N) is 1. The van der Waals surface area contributed by atoms with E-state index in [1.165, 1.54) is 31.5 Å². The molecule has 2 aromatic rings. The number of carbonyl (C=O) groups excluding carboxylic acids is 1. The average molecular weight is 449 g/mol. The second-order valence-corrected chi connectivity index (χ2v) is 10.00. The first-order chi connectivity index (χ1) is 15.9. The molecule has 0 aliphatic carbocycles. The Morgan fingerprint density at radius 1 is 1.00 bits per heavy atom. The number of carbonyl (C=O) groups is 1. The summed E-state index contributed by atoms with van der Waals surface area (Å²) in [6.07, 6.45) is 6.28. The molecule has 2 aromatic carbocycles. The molecule has 5 nitrogen and oxygen atoms in total. The van der Waals surface area contributed by atoms with Crippen LogP contribution in [-0.4, -0.2) is 43.7 Å². The normalized spacial score (nSPS) is 16.6. The van der Waals surface area contributed by atoms with Gasteiger partial charge in [-0.2, -0.15) is 0 Å². The van der Waals surface area contributed by atoms with E-state index in [0.29, 0.717) is 24.7 Å². The van der Waals surface area contributed by atoms with Crippen LogP contribution in [0.4, 0.5) is 5.69 Å². The topological polar surface area (TPSA) is 50.8 Å². The average Bonchev–Trinajstić information content (AvgIpc) is 3.31. The number of likely N-dealkylation sites (tertiary alicyclic amines) is 1. The van der Waals surface area contributed by atoms with Crippen molar-refractivity contribution in [3.05, 3.63) is 59.7 Å². The summed E-state index contributed by atoms with van der Waals surface area (Å²) in [5.41, 5.74) is 4.29. The highest BCUT2D eigenvalue weighted by Crippen LogP contribution is 2.33. The van der Waals surface area contributed by atoms with Gasteiger partial charge >= 0.3 is 0 Å². The Balaban J connectivity index is 1.48. The number of allylic oxidation sites excluding steroid dienone is 1. The van der Waals surface area contributed by atoms with E-state index < -0.39 is 0 Å². The predicted octanol–water partition coefficient (Wildman–Crippen LogP) is 5.65. The van der Waals surface area contributed by atoms with Crippen molar-refractivity contribution in [3.8, 4) is 11.5 Å². The van der Waals surface area contributed by atoms with Crippen molar-refractivity contribution < 1.29 is 14.3 Å². The lowest BCUT2D eigenvalue weighted by Gasteiger charge is -2.20. The van der Waals surface area contributed by atoms with E-state index in [2.05, 4.69) is 55.3 Å². The zero-order chi connectivity index (χ0) is 23.3. The van der Waals surface area contributed by atoms with E-state index in [9.17, 15) is 4.79 Å². The predicted molar refractivity (Wildman–Crippen MR) is 134 cm³/mol. The van der Waals surface area contributed by atoms with E-state index in [4.69, 9.17) is 9.47 Å². The quantitative estimate of drug-likeness (QED) is 0.556. The summed E-state index contributed by atoms with van der Waals surface area (Å²) in [5.74, 6) is 1.27. The first-order valence-corrected chi connectivity index (χ1v) is 12.1. The summed E-state index contributed by atoms with van der Waals surface area (Å²) in [7, 11) is 0. The number of benzene rings is 2. The second kappa shape index (κ2) is 10.4. The van der Waals surface area contributed by atoms with E-state index in [1.54, 1.807) is 6.08 Å². The molecule has 1 saturated heterocycles. The molecule has 4 rings (SSSR count). The molecule has 0 bridgehead atoms. The largest absolute Gasteiger partial charge is 0.486 e. The monoisotopic (exact) mass is 448 g/mol. The molecule has 33 heavy (non-hydrogen) atoms. The molecule has 2 aliphatic rings. The smallest absolute Gasteiger partial charge is 0.248 e. The number of ether oxygens (including phenoxy) is 2. The maximum atomic E-state index is 12.9. The lowest BCUT2D eigenvalue weighted by Crippen LogP contribution is -2.20. The van der Waals surface area contributed by atoms with Crippen LogP contribution in [0.25, 0.3) is 5.57 Å². The van der Waals surface area contributed by atoms with Gasteiger partial charge in [0.15, 0.2) is 11.5 Å². The first-order valence-electron chi connectivity index (χ1n) is 12.1. The number of hydrogen-bond acceptors (Lipinski definition) is 4. The van der Waals surface area contributed by atoms with E-state index in [1.807, 2.05) is 18.2 Å². The van der Waals surface area contributed by atoms with Gasteiger partial charge in [-0.3, -0.25) is 4.79 Å². The van der Waals surface area contributed by atoms with Gasteiger partial charge in [-0.25, -0.2) is 0 Å². The van der Waals surface area contributed by atoms with Gasteiger partial charge in [-0.1, -0.05) is 45.0 Å². The van der Waals surface area contributed by atoms with Crippen molar-refractivity contribution in [3.63, 3.8) is 0 Å². The molecule has 0 aromatic heterocycles. The van der Waals surface area contributed by atoms with Crippen molar-refractivity contribution in [1.29, 1.82) is 0 Å². The fourth-order valence-corrected chi connectivity index (χ4v) is 4.44. The van der Waals surface area contributed by atoms with Crippen molar-refractivity contribution in [2.24, 2.45) is 0 Å². The van der Waals surface area contributed by atoms with Gasteiger partial charge in [-0.05, 0) is 79.6 Å². The van der Waals surface area contributed by atoms with Crippen molar-refractivity contribution in [2.75, 3.05) is 38.2 Å². The van der Waals surface area contributed by atoms with Crippen LogP contribution >= 0.6 is 0 Å². The van der Waals surface area contributed by atoms with Crippen LogP contribution < -0.4 is 14.8 Å². The highest BCUT2D eigenvalue weighted by Gasteiger charge is 2.16. The molecule has 5 heteroatoms. The minimum Gasteiger partial charge on any atom is -0.486 e. The third-order valence-corrected chi connectivity index (χ3v) is 6.36. The highest BCUT2D eigenvalue weighted by atomic mass is 16.6. The first kappa shape index (κ1) is 23.4. The Labute approximate surface area is 197 Å². The minimum atomic E-state index is -0.122. The fraction of sp³-hybridized carbons (Fsp3) is 0.464. The van der Waals surface area contributed by atoms with E-state index in [-0.39, 0.29) is 11.3 Å². The molecule has 0 atom stereocenters. The zero-order valence-electron chi connectivity index (χ0n) is 20.2. The number of amides is 1. The van der Waals surface area contributed by atoms with Gasteiger partial charge < -0.3 is 19.7 Å². The summed E-state index contributed by atoms with van der Waals surface area (Å²) in [4.78, 5) is 15.5. The van der Waals surface area contributed by atoms with E-state index in [0.717, 1.165) is 36.3 Å². The number of anilines is 1. The molecule has 1 fully saturated rings. The molecule has 0 unspecified atom stereocenters. The number of rotatable bonds is 7. The van der Waals surface area contributed by atoms with Crippen molar-refractivity contribution in [1.82, 2.24) is 4.90 Å². The van der Waals surface area contributed by atoms with Gasteiger partial charge in [0.25, 0.3) is 0 Å². The summed E-state index contributed by atoms with van der Waals surface area (Å²) in [6.45, 7) is 11.2. The minimum absolute atomic E-state index is 0.105. The Bertz CT molecular complexity index is 983. The number of fused-ring (bicyclic) bond motifs is 1. The Kier molecular flexibility index (Phi) is 7.39. The Hall–Kier alpha value is -2.79. The molecule has 2 heterocycles. The van der Waals surface area contributed by atoms with Gasteiger partial charge in [0, 0.05) is 17.8 Å².